The number of piperidine rings is 1. The van der Waals surface area contributed by atoms with Crippen LogP contribution < -0.4 is 20.3 Å². The molecule has 0 atom stereocenters. The fourth-order valence-electron chi connectivity index (χ4n) is 6.25. The van der Waals surface area contributed by atoms with Crippen molar-refractivity contribution in [2.45, 2.75) is 77.5 Å². The second-order valence-corrected chi connectivity index (χ2v) is 12.9. The van der Waals surface area contributed by atoms with Gasteiger partial charge in [-0.3, -0.25) is 4.90 Å². The van der Waals surface area contributed by atoms with Gasteiger partial charge in [-0.2, -0.15) is 5.26 Å². The molecule has 3 aliphatic heterocycles. The van der Waals surface area contributed by atoms with Crippen LogP contribution in [0.4, 0.5) is 27.8 Å². The van der Waals surface area contributed by atoms with Gasteiger partial charge in [0.05, 0.1) is 18.5 Å². The monoisotopic (exact) mass is 620 g/mol. The Morgan fingerprint density at radius 2 is 1.76 bits per heavy atom. The van der Waals surface area contributed by atoms with Crippen LogP contribution in [0, 0.1) is 11.3 Å². The van der Waals surface area contributed by atoms with Gasteiger partial charge in [-0.1, -0.05) is 6.92 Å². The summed E-state index contributed by atoms with van der Waals surface area (Å²) < 4.78 is 16.9. The normalized spacial score (nSPS) is 18.8. The number of carbonyl (C=O) groups is 1. The SMILES string of the molecule is CCc1nc(C#N)c(Nc2ccc(N3CCC(N4CCN(C(=O)OC(C)(C)C)CC4)CC3)c(OC)c2)nc1NC1CCOCC1. The third-order valence-corrected chi connectivity index (χ3v) is 8.70. The number of piperazine rings is 1. The van der Waals surface area contributed by atoms with Crippen molar-refractivity contribution < 1.29 is 19.0 Å². The predicted molar refractivity (Wildman–Crippen MR) is 174 cm³/mol. The Morgan fingerprint density at radius 3 is 2.38 bits per heavy atom. The lowest BCUT2D eigenvalue weighted by Gasteiger charge is -2.43. The fourth-order valence-corrected chi connectivity index (χ4v) is 6.25. The highest BCUT2D eigenvalue weighted by atomic mass is 16.6. The van der Waals surface area contributed by atoms with Gasteiger partial charge in [-0.05, 0) is 65.0 Å². The highest BCUT2D eigenvalue weighted by molar-refractivity contribution is 5.70. The molecule has 0 saturated carbocycles. The maximum absolute atomic E-state index is 12.5. The fraction of sp³-hybridized carbons (Fsp3) is 0.636. The summed E-state index contributed by atoms with van der Waals surface area (Å²) in [7, 11) is 1.69. The number of methoxy groups -OCH3 is 1. The molecule has 45 heavy (non-hydrogen) atoms. The predicted octanol–water partition coefficient (Wildman–Crippen LogP) is 4.78. The first-order chi connectivity index (χ1) is 21.7. The molecule has 0 aliphatic carbocycles. The largest absolute Gasteiger partial charge is 0.495 e. The summed E-state index contributed by atoms with van der Waals surface area (Å²) in [6.45, 7) is 14.2. The first-order valence-corrected chi connectivity index (χ1v) is 16.2. The molecule has 244 valence electrons. The number of hydrogen-bond donors (Lipinski definition) is 2. The van der Waals surface area contributed by atoms with Gasteiger partial charge in [-0.25, -0.2) is 14.8 Å². The summed E-state index contributed by atoms with van der Waals surface area (Å²) >= 11 is 0. The quantitative estimate of drug-likeness (QED) is 0.423. The standard InChI is InChI=1S/C33H48N8O4/c1-6-26-30(35-23-11-19-44-20-12-23)38-31(27(22-34)37-26)36-24-7-8-28(29(21-24)43-5)40-13-9-25(10-14-40)39-15-17-41(18-16-39)32(42)45-33(2,3)4/h7-8,21,23,25H,6,9-20H2,1-5H3,(H2,35,36,38). The van der Waals surface area contributed by atoms with Crippen LogP contribution in [0.1, 0.15) is 64.8 Å². The summed E-state index contributed by atoms with van der Waals surface area (Å²) in [5, 5.41) is 16.7. The van der Waals surface area contributed by atoms with Crippen molar-refractivity contribution in [2.24, 2.45) is 0 Å². The van der Waals surface area contributed by atoms with Crippen molar-refractivity contribution in [1.82, 2.24) is 19.8 Å². The van der Waals surface area contributed by atoms with Gasteiger partial charge < -0.3 is 34.6 Å². The molecule has 1 amide bonds. The van der Waals surface area contributed by atoms with Crippen LogP contribution in [-0.4, -0.2) is 103 Å². The summed E-state index contributed by atoms with van der Waals surface area (Å²) in [5.74, 6) is 1.90. The Kier molecular flexibility index (Phi) is 10.5. The zero-order valence-electron chi connectivity index (χ0n) is 27.4. The smallest absolute Gasteiger partial charge is 0.410 e. The van der Waals surface area contributed by atoms with Crippen LogP contribution in [0.15, 0.2) is 18.2 Å². The molecule has 3 fully saturated rings. The summed E-state index contributed by atoms with van der Waals surface area (Å²) in [6, 6.07) is 9.00. The first kappa shape index (κ1) is 32.6. The number of ether oxygens (including phenoxy) is 3. The van der Waals surface area contributed by atoms with E-state index in [4.69, 9.17) is 19.2 Å². The molecule has 0 radical (unpaired) electrons. The molecule has 1 aromatic heterocycles. The van der Waals surface area contributed by atoms with Gasteiger partial charge in [0.25, 0.3) is 0 Å². The average molecular weight is 621 g/mol. The molecule has 4 heterocycles. The van der Waals surface area contributed by atoms with Crippen molar-refractivity contribution in [2.75, 3.05) is 75.1 Å². The van der Waals surface area contributed by atoms with Gasteiger partial charge in [0.1, 0.15) is 17.4 Å². The van der Waals surface area contributed by atoms with E-state index in [9.17, 15) is 10.1 Å². The molecule has 0 spiro atoms. The number of nitrogens with zero attached hydrogens (tertiary/aromatic N) is 6. The second kappa shape index (κ2) is 14.5. The number of nitrogens with one attached hydrogen (secondary N) is 2. The van der Waals surface area contributed by atoms with Crippen LogP contribution in [0.5, 0.6) is 5.75 Å². The van der Waals surface area contributed by atoms with E-state index in [1.54, 1.807) is 7.11 Å². The van der Waals surface area contributed by atoms with Crippen LogP contribution in [-0.2, 0) is 15.9 Å². The maximum atomic E-state index is 12.5. The Morgan fingerprint density at radius 1 is 1.04 bits per heavy atom. The van der Waals surface area contributed by atoms with Crippen LogP contribution in [0.25, 0.3) is 0 Å². The van der Waals surface area contributed by atoms with Gasteiger partial charge in [0, 0.05) is 76.3 Å². The van der Waals surface area contributed by atoms with E-state index in [0.717, 1.165) is 87.9 Å². The molecule has 2 aromatic rings. The number of amides is 1. The van der Waals surface area contributed by atoms with Crippen molar-refractivity contribution in [3.63, 3.8) is 0 Å². The summed E-state index contributed by atoms with van der Waals surface area (Å²) in [4.78, 5) is 28.6. The third kappa shape index (κ3) is 8.27. The number of anilines is 4. The van der Waals surface area contributed by atoms with Crippen LogP contribution in [0.3, 0.4) is 0 Å². The molecule has 2 N–H and O–H groups in total. The van der Waals surface area contributed by atoms with Crippen molar-refractivity contribution in [1.29, 1.82) is 5.26 Å². The molecule has 5 rings (SSSR count). The number of benzene rings is 1. The summed E-state index contributed by atoms with van der Waals surface area (Å²) in [5.41, 5.74) is 2.40. The van der Waals surface area contributed by atoms with Crippen LogP contribution >= 0.6 is 0 Å². The lowest BCUT2D eigenvalue weighted by molar-refractivity contribution is 0.00902. The average Bonchev–Trinajstić information content (AvgIpc) is 3.05. The Hall–Kier alpha value is -3.82. The molecule has 1 aromatic carbocycles. The van der Waals surface area contributed by atoms with Crippen molar-refractivity contribution >= 4 is 29.1 Å². The molecule has 12 nitrogen and oxygen atoms in total. The number of carbonyl (C=O) groups excluding carboxylic acids is 1. The van der Waals surface area contributed by atoms with Crippen molar-refractivity contribution in [3.8, 4) is 11.8 Å². The molecule has 0 unspecified atom stereocenters. The molecular weight excluding hydrogens is 572 g/mol. The highest BCUT2D eigenvalue weighted by Crippen LogP contribution is 2.35. The van der Waals surface area contributed by atoms with E-state index in [2.05, 4.69) is 37.6 Å². The van der Waals surface area contributed by atoms with Gasteiger partial charge in [-0.15, -0.1) is 0 Å². The Balaban J connectivity index is 1.20. The Labute approximate surface area is 267 Å². The molecular formula is C33H48N8O4. The number of hydrogen-bond acceptors (Lipinski definition) is 11. The lowest BCUT2D eigenvalue weighted by atomic mass is 10.0. The van der Waals surface area contributed by atoms with E-state index in [1.165, 1.54) is 0 Å². The van der Waals surface area contributed by atoms with E-state index in [0.29, 0.717) is 37.2 Å². The van der Waals surface area contributed by atoms with E-state index < -0.39 is 5.60 Å². The number of aryl methyl sites for hydroxylation is 1. The zero-order valence-corrected chi connectivity index (χ0v) is 27.4. The zero-order chi connectivity index (χ0) is 32.0. The topological polar surface area (TPSA) is 128 Å². The van der Waals surface area contributed by atoms with Gasteiger partial charge in [0.15, 0.2) is 17.3 Å². The van der Waals surface area contributed by atoms with Gasteiger partial charge in [0.2, 0.25) is 0 Å². The van der Waals surface area contributed by atoms with E-state index in [-0.39, 0.29) is 17.8 Å². The van der Waals surface area contributed by atoms with E-state index in [1.807, 2.05) is 44.7 Å². The number of nitriles is 1. The highest BCUT2D eigenvalue weighted by Gasteiger charge is 2.31. The first-order valence-electron chi connectivity index (χ1n) is 16.2. The second-order valence-electron chi connectivity index (χ2n) is 12.9. The number of aromatic nitrogens is 2. The minimum Gasteiger partial charge on any atom is -0.495 e. The Bertz CT molecular complexity index is 1350. The lowest BCUT2D eigenvalue weighted by Crippen LogP contribution is -2.55. The van der Waals surface area contributed by atoms with Crippen molar-refractivity contribution in [3.05, 3.63) is 29.6 Å². The summed E-state index contributed by atoms with van der Waals surface area (Å²) in [6.07, 6.45) is 4.37. The third-order valence-electron chi connectivity index (χ3n) is 8.70. The van der Waals surface area contributed by atoms with Gasteiger partial charge >= 0.3 is 6.09 Å². The maximum Gasteiger partial charge on any atom is 0.410 e. The minimum atomic E-state index is -0.476. The molecule has 0 bridgehead atoms. The molecule has 3 saturated heterocycles. The van der Waals surface area contributed by atoms with E-state index >= 15 is 0 Å². The molecule has 3 aliphatic rings. The number of rotatable bonds is 8. The minimum absolute atomic E-state index is 0.219. The molecule has 12 heteroatoms. The van der Waals surface area contributed by atoms with Crippen LogP contribution in [0.2, 0.25) is 0 Å².